The number of alkyl halides is 3. The Morgan fingerprint density at radius 1 is 0.290 bits per heavy atom. The molecule has 6 aliphatic rings. The zero-order chi connectivity index (χ0) is 93.5. The zero-order valence-electron chi connectivity index (χ0n) is 74.7. The van der Waals surface area contributed by atoms with Crippen molar-refractivity contribution in [2.75, 3.05) is 71.1 Å². The second-order valence-corrected chi connectivity index (χ2v) is 31.1. The Morgan fingerprint density at radius 2 is 0.618 bits per heavy atom. The van der Waals surface area contributed by atoms with Crippen molar-refractivity contribution in [2.24, 2.45) is 0 Å². The maximum absolute atomic E-state index is 13.1. The van der Waals surface area contributed by atoms with Crippen LogP contribution in [0.3, 0.4) is 0 Å². The van der Waals surface area contributed by atoms with Crippen LogP contribution in [0.2, 0.25) is 0 Å². The second-order valence-electron chi connectivity index (χ2n) is 31.1. The van der Waals surface area contributed by atoms with Crippen molar-refractivity contribution in [2.45, 2.75) is 109 Å². The SMILES string of the molecule is COc1ccc(C2(C)OCc3c(ccc(OC)c3OC)C2=O)cc1.COc1ccc(C2(C)OCc3cc(OC(F)(F)F)ccc3C2=O)cc1.COc1ccc(C2(C)OCc3cc(OC)ccc3C2=O)cc1.COc1ccc(C2OCc3c(ccc(OC)c3OC)C2=O)cc1.COc1ccc2c(c1)C(=O)C(c1ccccc1)OC2.Cc1ccc2c(c1)C(=O)C(c1ccccc1)OC2. The van der Waals surface area contributed by atoms with E-state index in [1.165, 1.54) is 19.2 Å². The first-order valence-electron chi connectivity index (χ1n) is 41.6. The maximum atomic E-state index is 13.1. The fourth-order valence-corrected chi connectivity index (χ4v) is 15.9. The van der Waals surface area contributed by atoms with Crippen LogP contribution in [0.15, 0.2) is 255 Å². The summed E-state index contributed by atoms with van der Waals surface area (Å²) in [4.78, 5) is 76.6. The van der Waals surface area contributed by atoms with Gasteiger partial charge in [0.25, 0.3) is 0 Å². The summed E-state index contributed by atoms with van der Waals surface area (Å²) in [5.74, 6) is 5.67. The van der Waals surface area contributed by atoms with Gasteiger partial charge in [-0.2, -0.15) is 0 Å². The van der Waals surface area contributed by atoms with Crippen LogP contribution in [0.5, 0.6) is 63.2 Å². The fourth-order valence-electron chi connectivity index (χ4n) is 15.9. The molecule has 12 aromatic rings. The number of rotatable bonds is 17. The summed E-state index contributed by atoms with van der Waals surface area (Å²) in [7, 11) is 15.8. The summed E-state index contributed by atoms with van der Waals surface area (Å²) in [6.45, 7) is 9.12. The highest BCUT2D eigenvalue weighted by Gasteiger charge is 2.46. The number of ketones is 6. The standard InChI is InChI=1S/C19H20O5.C18H15F3O4.C18H18O5.C18H18O4.C16H14O3.C16H14O2/c1-19(12-5-7-13(21-2)8-6-12)18(20)14-9-10-16(22-3)17(23-4)15(14)11-24-19;1-17(12-3-5-13(23-2)6-4-12)16(22)15-8-7-14(25-18(19,20)21)9-11(15)10-24-17;1-20-12-6-4-11(5-7-12)17-16(19)13-8-9-15(21-2)18(22-3)14(13)10-23-17;1-18(13-4-6-14(20-2)7-5-13)17(19)16-9-8-15(21-3)10-12(16)11-22-18;1-18-13-8-7-12-10-19-16(15(17)14(12)9-13)11-5-3-2-4-6-11;1-11-7-8-13-10-18-16(15(17)14(13)9-11)12-5-3-2-4-6-12/h5-10H,11H2,1-4H3;3-9H,10H2,1-2H3;4-9,17H,10H2,1-3H3;4-10H,11H2,1-3H3;2-9,16H,10H2,1H3;2-9,16H,10H2,1H3. The number of halogens is 3. The summed E-state index contributed by atoms with van der Waals surface area (Å²) in [5, 5.41) is 0. The third-order valence-corrected chi connectivity index (χ3v) is 23.3. The van der Waals surface area contributed by atoms with Crippen LogP contribution in [0, 0.1) is 6.92 Å². The molecule has 0 saturated carbocycles. The summed E-state index contributed by atoms with van der Waals surface area (Å²) < 4.78 is 128. The van der Waals surface area contributed by atoms with Gasteiger partial charge < -0.3 is 80.5 Å². The number of fused-ring (bicyclic) bond motifs is 6. The number of benzene rings is 12. The third kappa shape index (κ3) is 20.7. The van der Waals surface area contributed by atoms with Crippen LogP contribution in [0.4, 0.5) is 13.2 Å². The second kappa shape index (κ2) is 41.6. The van der Waals surface area contributed by atoms with Crippen molar-refractivity contribution in [1.29, 1.82) is 0 Å². The molecule has 0 aromatic heterocycles. The monoisotopic (exact) mass is 1780 g/mol. The van der Waals surface area contributed by atoms with Crippen molar-refractivity contribution in [3.8, 4) is 63.2 Å². The van der Waals surface area contributed by atoms with E-state index in [2.05, 4.69) is 4.74 Å². The molecule has 0 amide bonds. The van der Waals surface area contributed by atoms with E-state index in [1.54, 1.807) is 145 Å². The largest absolute Gasteiger partial charge is 0.573 e. The van der Waals surface area contributed by atoms with E-state index < -0.39 is 41.5 Å². The molecule has 6 aliphatic heterocycles. The highest BCUT2D eigenvalue weighted by molar-refractivity contribution is 6.08. The van der Waals surface area contributed by atoms with Crippen LogP contribution in [0.25, 0.3) is 0 Å². The van der Waals surface area contributed by atoms with Crippen molar-refractivity contribution in [3.63, 3.8) is 0 Å². The van der Waals surface area contributed by atoms with Crippen LogP contribution in [-0.2, 0) is 84.9 Å². The summed E-state index contributed by atoms with van der Waals surface area (Å²) in [6, 6.07) is 75.7. The van der Waals surface area contributed by atoms with Gasteiger partial charge in [0, 0.05) is 44.5 Å². The van der Waals surface area contributed by atoms with Crippen LogP contribution in [0.1, 0.15) is 174 Å². The van der Waals surface area contributed by atoms with Gasteiger partial charge in [-0.1, -0.05) is 133 Å². The topological polar surface area (TPSA) is 259 Å². The van der Waals surface area contributed by atoms with E-state index in [4.69, 9.17) is 75.8 Å². The van der Waals surface area contributed by atoms with Crippen LogP contribution >= 0.6 is 0 Å². The van der Waals surface area contributed by atoms with Gasteiger partial charge in [0.1, 0.15) is 58.6 Å². The molecule has 12 aromatic carbocycles. The minimum Gasteiger partial charge on any atom is -0.497 e. The van der Waals surface area contributed by atoms with Crippen LogP contribution in [-0.4, -0.2) is 112 Å². The van der Waals surface area contributed by atoms with Gasteiger partial charge in [0.05, 0.1) is 111 Å². The predicted octanol–water partition coefficient (Wildman–Crippen LogP) is 20.7. The predicted molar refractivity (Wildman–Crippen MR) is 479 cm³/mol. The first-order valence-corrected chi connectivity index (χ1v) is 41.6. The van der Waals surface area contributed by atoms with Crippen molar-refractivity contribution in [1.82, 2.24) is 0 Å². The van der Waals surface area contributed by atoms with E-state index in [-0.39, 0.29) is 60.3 Å². The zero-order valence-corrected chi connectivity index (χ0v) is 74.7. The molecule has 0 aliphatic carbocycles. The van der Waals surface area contributed by atoms with E-state index in [9.17, 15) is 41.9 Å². The number of ether oxygens (including phenoxy) is 17. The van der Waals surface area contributed by atoms with Crippen molar-refractivity contribution >= 4 is 34.7 Å². The molecule has 6 unspecified atom stereocenters. The Hall–Kier alpha value is -14.0. The lowest BCUT2D eigenvalue weighted by atomic mass is 9.83. The molecular formula is C105H99F3O23. The summed E-state index contributed by atoms with van der Waals surface area (Å²) in [6.07, 6.45) is -6.38. The number of carbonyl (C=O) groups excluding carboxylic acids is 6. The van der Waals surface area contributed by atoms with Gasteiger partial charge in [-0.3, -0.25) is 28.8 Å². The first kappa shape index (κ1) is 94.6. The molecule has 0 spiro atoms. The average Bonchev–Trinajstić information content (AvgIpc) is 0.748. The highest BCUT2D eigenvalue weighted by atomic mass is 19.4. The Balaban J connectivity index is 0.000000134. The van der Waals surface area contributed by atoms with Gasteiger partial charge in [0.2, 0.25) is 0 Å². The quantitative estimate of drug-likeness (QED) is 0.0820. The van der Waals surface area contributed by atoms with Gasteiger partial charge in [-0.25, -0.2) is 0 Å². The number of hydrogen-bond acceptors (Lipinski definition) is 23. The highest BCUT2D eigenvalue weighted by Crippen LogP contribution is 2.47. The Morgan fingerprint density at radius 3 is 1.04 bits per heavy atom. The Bertz CT molecular complexity index is 6110. The molecule has 0 radical (unpaired) electrons. The Kier molecular flexibility index (Phi) is 30.1. The lowest BCUT2D eigenvalue weighted by molar-refractivity contribution is -0.274. The lowest BCUT2D eigenvalue weighted by Gasteiger charge is -2.34. The molecule has 131 heavy (non-hydrogen) atoms. The van der Waals surface area contributed by atoms with Gasteiger partial charge >= 0.3 is 6.36 Å². The van der Waals surface area contributed by atoms with E-state index >= 15 is 0 Å². The molecule has 23 nitrogen and oxygen atoms in total. The number of Topliss-reactive ketones (excluding diaryl/α,β-unsaturated/α-hetero) is 6. The molecular weight excluding hydrogens is 1690 g/mol. The van der Waals surface area contributed by atoms with Gasteiger partial charge in [-0.15, -0.1) is 13.2 Å². The Labute approximate surface area is 756 Å². The van der Waals surface area contributed by atoms with E-state index in [0.717, 1.165) is 90.3 Å². The van der Waals surface area contributed by atoms with Crippen molar-refractivity contribution in [3.05, 3.63) is 360 Å². The molecule has 0 bridgehead atoms. The molecule has 678 valence electrons. The lowest BCUT2D eigenvalue weighted by Crippen LogP contribution is -2.39. The molecule has 0 saturated heterocycles. The average molecular weight is 1790 g/mol. The summed E-state index contributed by atoms with van der Waals surface area (Å²) >= 11 is 0. The number of methoxy groups -OCH3 is 10. The fraction of sp³-hybridized carbons (Fsp3) is 0.257. The molecule has 26 heteroatoms. The maximum Gasteiger partial charge on any atom is 0.573 e. The minimum absolute atomic E-state index is 0.00133. The number of hydrogen-bond donors (Lipinski definition) is 0. The molecule has 18 rings (SSSR count). The van der Waals surface area contributed by atoms with Crippen molar-refractivity contribution < 1.29 is 122 Å². The third-order valence-electron chi connectivity index (χ3n) is 23.3. The van der Waals surface area contributed by atoms with Gasteiger partial charge in [-0.05, 0) is 211 Å². The molecule has 6 heterocycles. The number of carbonyl (C=O) groups is 6. The van der Waals surface area contributed by atoms with E-state index in [1.807, 2.05) is 184 Å². The van der Waals surface area contributed by atoms with E-state index in [0.29, 0.717) is 98.8 Å². The summed E-state index contributed by atoms with van der Waals surface area (Å²) in [5.41, 5.74) is 11.0. The van der Waals surface area contributed by atoms with Crippen LogP contribution < -0.4 is 52.1 Å². The smallest absolute Gasteiger partial charge is 0.497 e. The first-order chi connectivity index (χ1) is 63.1. The number of aryl methyl sites for hydroxylation is 1. The normalized spacial score (nSPS) is 18.9. The molecule has 6 atom stereocenters. The minimum atomic E-state index is -4.79. The van der Waals surface area contributed by atoms with Gasteiger partial charge in [0.15, 0.2) is 74.5 Å². The molecule has 0 fully saturated rings. The molecule has 0 N–H and O–H groups in total.